The lowest BCUT2D eigenvalue weighted by molar-refractivity contribution is -0.247. The first-order chi connectivity index (χ1) is 6.04. The summed E-state index contributed by atoms with van der Waals surface area (Å²) in [5.41, 5.74) is 0. The van der Waals surface area contributed by atoms with Crippen molar-refractivity contribution in [2.24, 2.45) is 0 Å². The molecule has 0 radical (unpaired) electrons. The molecular weight excluding hydrogens is 174 g/mol. The van der Waals surface area contributed by atoms with Gasteiger partial charge in [0.25, 0.3) is 0 Å². The summed E-state index contributed by atoms with van der Waals surface area (Å²) >= 11 is 0. The van der Waals surface area contributed by atoms with E-state index in [0.29, 0.717) is 26.2 Å². The molecule has 0 saturated heterocycles. The third-order valence-electron chi connectivity index (χ3n) is 2.29. The van der Waals surface area contributed by atoms with Crippen LogP contribution in [0.2, 0.25) is 0 Å². The molecule has 2 nitrogen and oxygen atoms in total. The second-order valence-electron chi connectivity index (χ2n) is 2.85. The molecule has 0 amide bonds. The minimum atomic E-state index is -2.80. The highest BCUT2D eigenvalue weighted by molar-refractivity contribution is 4.68. The Hall–Kier alpha value is -0.220. The summed E-state index contributed by atoms with van der Waals surface area (Å²) in [4.78, 5) is 2.33. The van der Waals surface area contributed by atoms with Gasteiger partial charge in [-0.2, -0.15) is 8.78 Å². The summed E-state index contributed by atoms with van der Waals surface area (Å²) in [7, 11) is 0. The molecule has 13 heavy (non-hydrogen) atoms. The molecule has 0 bridgehead atoms. The molecule has 0 rings (SSSR count). The molecule has 0 spiro atoms. The molecule has 0 atom stereocenters. The molecule has 0 saturated carbocycles. The molecule has 4 heteroatoms. The molecule has 0 heterocycles. The zero-order chi connectivity index (χ0) is 10.5. The van der Waals surface area contributed by atoms with Crippen molar-refractivity contribution in [2.75, 3.05) is 26.2 Å². The predicted molar refractivity (Wildman–Crippen MR) is 50.8 cm³/mol. The average molecular weight is 194 g/mol. The van der Waals surface area contributed by atoms with Crippen LogP contribution in [0.25, 0.3) is 0 Å². The molecular formula is C9H20F2N2. The summed E-state index contributed by atoms with van der Waals surface area (Å²) < 4.78 is 27.2. The van der Waals surface area contributed by atoms with Gasteiger partial charge >= 0.3 is 6.17 Å². The van der Waals surface area contributed by atoms with Gasteiger partial charge in [0.2, 0.25) is 0 Å². The number of hydrogen-bond acceptors (Lipinski definition) is 2. The Morgan fingerprint density at radius 1 is 0.769 bits per heavy atom. The van der Waals surface area contributed by atoms with Gasteiger partial charge in [0.15, 0.2) is 0 Å². The zero-order valence-corrected chi connectivity index (χ0v) is 8.98. The third kappa shape index (κ3) is 2.88. The number of hydrogen-bond donors (Lipinski definition) is 0. The van der Waals surface area contributed by atoms with Crippen LogP contribution in [0.3, 0.4) is 0 Å². The van der Waals surface area contributed by atoms with Crippen molar-refractivity contribution >= 4 is 0 Å². The summed E-state index contributed by atoms with van der Waals surface area (Å²) in [6.07, 6.45) is -2.80. The monoisotopic (exact) mass is 194 g/mol. The molecule has 0 unspecified atom stereocenters. The van der Waals surface area contributed by atoms with Crippen LogP contribution in [0.1, 0.15) is 27.7 Å². The number of rotatable bonds is 6. The van der Waals surface area contributed by atoms with Gasteiger partial charge in [-0.25, -0.2) is 9.80 Å². The van der Waals surface area contributed by atoms with Crippen LogP contribution >= 0.6 is 0 Å². The fourth-order valence-electron chi connectivity index (χ4n) is 1.41. The van der Waals surface area contributed by atoms with Gasteiger partial charge in [-0.15, -0.1) is 0 Å². The lowest BCUT2D eigenvalue weighted by Gasteiger charge is -2.36. The van der Waals surface area contributed by atoms with Crippen LogP contribution < -0.4 is 0 Å². The number of alkyl halides is 2. The molecule has 0 aliphatic rings. The summed E-state index contributed by atoms with van der Waals surface area (Å²) in [6.45, 7) is 8.50. The second kappa shape index (κ2) is 5.50. The number of nitrogens with zero attached hydrogens (tertiary/aromatic N) is 2. The molecule has 0 aliphatic heterocycles. The zero-order valence-electron chi connectivity index (χ0n) is 8.98. The van der Waals surface area contributed by atoms with Crippen LogP contribution in [0, 0.1) is 0 Å². The second-order valence-corrected chi connectivity index (χ2v) is 2.85. The Bertz CT molecular complexity index is 118. The topological polar surface area (TPSA) is 6.48 Å². The molecule has 0 aromatic rings. The predicted octanol–water partition coefficient (Wildman–Crippen LogP) is 2.22. The highest BCUT2D eigenvalue weighted by Crippen LogP contribution is 2.23. The Morgan fingerprint density at radius 3 is 1.15 bits per heavy atom. The van der Waals surface area contributed by atoms with E-state index < -0.39 is 6.17 Å². The van der Waals surface area contributed by atoms with Crippen LogP contribution in [-0.2, 0) is 0 Å². The first kappa shape index (κ1) is 12.8. The average Bonchev–Trinajstić information content (AvgIpc) is 2.07. The minimum absolute atomic E-state index is 0.375. The van der Waals surface area contributed by atoms with E-state index in [1.165, 1.54) is 9.80 Å². The largest absolute Gasteiger partial charge is 0.369 e. The molecule has 0 fully saturated rings. The van der Waals surface area contributed by atoms with Crippen molar-refractivity contribution in [3.8, 4) is 0 Å². The van der Waals surface area contributed by atoms with Gasteiger partial charge in [-0.1, -0.05) is 27.7 Å². The van der Waals surface area contributed by atoms with Crippen molar-refractivity contribution in [1.29, 1.82) is 0 Å². The maximum atomic E-state index is 13.6. The molecule has 0 aromatic heterocycles. The maximum absolute atomic E-state index is 13.6. The van der Waals surface area contributed by atoms with Gasteiger partial charge in [0.1, 0.15) is 0 Å². The minimum Gasteiger partial charge on any atom is -0.231 e. The van der Waals surface area contributed by atoms with Gasteiger partial charge in [0, 0.05) is 26.2 Å². The normalized spacial score (nSPS) is 12.9. The van der Waals surface area contributed by atoms with Crippen LogP contribution in [0.4, 0.5) is 8.78 Å². The lowest BCUT2D eigenvalue weighted by Crippen LogP contribution is -2.54. The quantitative estimate of drug-likeness (QED) is 0.472. The summed E-state index contributed by atoms with van der Waals surface area (Å²) in [5, 5.41) is 0. The van der Waals surface area contributed by atoms with Gasteiger partial charge in [0.05, 0.1) is 0 Å². The van der Waals surface area contributed by atoms with Crippen molar-refractivity contribution < 1.29 is 8.78 Å². The van der Waals surface area contributed by atoms with Gasteiger partial charge < -0.3 is 0 Å². The van der Waals surface area contributed by atoms with Crippen LogP contribution in [0.15, 0.2) is 0 Å². The maximum Gasteiger partial charge on any atom is 0.369 e. The van der Waals surface area contributed by atoms with E-state index in [4.69, 9.17) is 0 Å². The fourth-order valence-corrected chi connectivity index (χ4v) is 1.41. The molecule has 0 aromatic carbocycles. The fraction of sp³-hybridized carbons (Fsp3) is 1.00. The van der Waals surface area contributed by atoms with E-state index in [2.05, 4.69) is 0 Å². The Morgan fingerprint density at radius 2 is 1.00 bits per heavy atom. The standard InChI is InChI=1S/C9H20F2N2/c1-5-12(6-2)9(10,11)13(7-3)8-4/h5-8H2,1-4H3. The van der Waals surface area contributed by atoms with E-state index in [1.54, 1.807) is 27.7 Å². The van der Waals surface area contributed by atoms with Crippen LogP contribution in [0.5, 0.6) is 0 Å². The number of halogens is 2. The van der Waals surface area contributed by atoms with Gasteiger partial charge in [-0.3, -0.25) is 0 Å². The van der Waals surface area contributed by atoms with Crippen molar-refractivity contribution in [3.63, 3.8) is 0 Å². The van der Waals surface area contributed by atoms with E-state index >= 15 is 0 Å². The molecule has 0 N–H and O–H groups in total. The van der Waals surface area contributed by atoms with E-state index in [9.17, 15) is 8.78 Å². The summed E-state index contributed by atoms with van der Waals surface area (Å²) in [6, 6.07) is 0. The first-order valence-electron chi connectivity index (χ1n) is 4.92. The van der Waals surface area contributed by atoms with Crippen molar-refractivity contribution in [1.82, 2.24) is 9.80 Å². The summed E-state index contributed by atoms with van der Waals surface area (Å²) in [5.74, 6) is 0. The van der Waals surface area contributed by atoms with E-state index in [1.807, 2.05) is 0 Å². The van der Waals surface area contributed by atoms with Crippen molar-refractivity contribution in [2.45, 2.75) is 33.9 Å². The van der Waals surface area contributed by atoms with Crippen molar-refractivity contribution in [3.05, 3.63) is 0 Å². The SMILES string of the molecule is CCN(CC)C(F)(F)N(CC)CC. The molecule has 0 aliphatic carbocycles. The first-order valence-corrected chi connectivity index (χ1v) is 4.92. The van der Waals surface area contributed by atoms with E-state index in [-0.39, 0.29) is 0 Å². The lowest BCUT2D eigenvalue weighted by atomic mass is 10.4. The highest BCUT2D eigenvalue weighted by Gasteiger charge is 2.40. The Balaban J connectivity index is 4.48. The third-order valence-corrected chi connectivity index (χ3v) is 2.29. The van der Waals surface area contributed by atoms with Crippen LogP contribution in [-0.4, -0.2) is 42.1 Å². The van der Waals surface area contributed by atoms with E-state index in [0.717, 1.165) is 0 Å². The van der Waals surface area contributed by atoms with Gasteiger partial charge in [-0.05, 0) is 0 Å². The smallest absolute Gasteiger partial charge is 0.231 e. The Labute approximate surface area is 79.5 Å². The highest BCUT2D eigenvalue weighted by atomic mass is 19.3. The molecule has 80 valence electrons. The Kier molecular flexibility index (Phi) is 5.40.